The lowest BCUT2D eigenvalue weighted by atomic mass is 9.74. The largest absolute Gasteiger partial charge is 0.508 e. The van der Waals surface area contributed by atoms with Gasteiger partial charge < -0.3 is 5.11 Å². The second kappa shape index (κ2) is 4.93. The summed E-state index contributed by atoms with van der Waals surface area (Å²) < 4.78 is 0. The van der Waals surface area contributed by atoms with E-state index in [1.165, 1.54) is 49.9 Å². The number of phenols is 1. The summed E-state index contributed by atoms with van der Waals surface area (Å²) in [6.07, 6.45) is 6.10. The van der Waals surface area contributed by atoms with Crippen molar-refractivity contribution >= 4 is 0 Å². The van der Waals surface area contributed by atoms with Crippen molar-refractivity contribution in [2.24, 2.45) is 0 Å². The quantitative estimate of drug-likeness (QED) is 0.864. The zero-order valence-electron chi connectivity index (χ0n) is 11.2. The zero-order chi connectivity index (χ0) is 12.5. The van der Waals surface area contributed by atoms with Gasteiger partial charge in [-0.15, -0.1) is 0 Å². The molecule has 18 heavy (non-hydrogen) atoms. The number of rotatable bonds is 2. The van der Waals surface area contributed by atoms with Crippen molar-refractivity contribution in [2.45, 2.75) is 51.0 Å². The van der Waals surface area contributed by atoms with Crippen molar-refractivity contribution in [3.8, 4) is 5.75 Å². The van der Waals surface area contributed by atoms with Crippen LogP contribution in [-0.4, -0.2) is 29.1 Å². The number of fused-ring (bicyclic) bond motifs is 3. The first-order valence-electron chi connectivity index (χ1n) is 7.36. The molecule has 2 heteroatoms. The van der Waals surface area contributed by atoms with Crippen LogP contribution in [0.2, 0.25) is 0 Å². The smallest absolute Gasteiger partial charge is 0.119 e. The molecule has 3 rings (SSSR count). The average Bonchev–Trinajstić information content (AvgIpc) is 2.40. The van der Waals surface area contributed by atoms with E-state index < -0.39 is 0 Å². The summed E-state index contributed by atoms with van der Waals surface area (Å²) in [4.78, 5) is 2.68. The lowest BCUT2D eigenvalue weighted by molar-refractivity contribution is 0.112. The van der Waals surface area contributed by atoms with E-state index >= 15 is 0 Å². The molecule has 2 aliphatic rings. The molecular weight excluding hydrogens is 222 g/mol. The molecule has 1 fully saturated rings. The van der Waals surface area contributed by atoms with Crippen LogP contribution in [-0.2, 0) is 6.42 Å². The molecule has 0 bridgehead atoms. The Labute approximate surface area is 110 Å². The molecule has 2 atom stereocenters. The molecule has 2 nitrogen and oxygen atoms in total. The lowest BCUT2D eigenvalue weighted by Crippen LogP contribution is -2.46. The SMILES string of the molecule is CCCN1CCC[C@@H]2c3cccc(O)c3CC[C@H]21. The summed E-state index contributed by atoms with van der Waals surface area (Å²) in [6, 6.07) is 6.80. The Morgan fingerprint density at radius 1 is 1.33 bits per heavy atom. The molecule has 0 aromatic heterocycles. The van der Waals surface area contributed by atoms with Gasteiger partial charge in [-0.1, -0.05) is 19.1 Å². The van der Waals surface area contributed by atoms with Gasteiger partial charge in [0.15, 0.2) is 0 Å². The first-order valence-corrected chi connectivity index (χ1v) is 7.36. The molecule has 0 amide bonds. The molecule has 1 aromatic carbocycles. The van der Waals surface area contributed by atoms with Crippen molar-refractivity contribution in [3.63, 3.8) is 0 Å². The Hall–Kier alpha value is -1.02. The Kier molecular flexibility index (Phi) is 3.29. The van der Waals surface area contributed by atoms with Gasteiger partial charge in [-0.25, -0.2) is 0 Å². The van der Waals surface area contributed by atoms with Gasteiger partial charge in [0.05, 0.1) is 0 Å². The predicted octanol–water partition coefficient (Wildman–Crippen LogP) is 3.30. The van der Waals surface area contributed by atoms with Gasteiger partial charge in [-0.2, -0.15) is 0 Å². The van der Waals surface area contributed by atoms with Gasteiger partial charge in [0.25, 0.3) is 0 Å². The summed E-state index contributed by atoms with van der Waals surface area (Å²) in [5.41, 5.74) is 2.64. The fourth-order valence-electron chi connectivity index (χ4n) is 3.94. The van der Waals surface area contributed by atoms with Crippen LogP contribution < -0.4 is 0 Å². The van der Waals surface area contributed by atoms with Crippen LogP contribution in [0.15, 0.2) is 18.2 Å². The van der Waals surface area contributed by atoms with E-state index in [-0.39, 0.29) is 0 Å². The molecule has 1 N–H and O–H groups in total. The number of aromatic hydroxyl groups is 1. The fraction of sp³-hybridized carbons (Fsp3) is 0.625. The third kappa shape index (κ3) is 1.93. The summed E-state index contributed by atoms with van der Waals surface area (Å²) in [5, 5.41) is 10.0. The first kappa shape index (κ1) is 12.0. The zero-order valence-corrected chi connectivity index (χ0v) is 11.2. The normalized spacial score (nSPS) is 27.6. The number of hydrogen-bond donors (Lipinski definition) is 1. The van der Waals surface area contributed by atoms with Crippen LogP contribution in [0.25, 0.3) is 0 Å². The van der Waals surface area contributed by atoms with Crippen molar-refractivity contribution in [1.82, 2.24) is 4.90 Å². The van der Waals surface area contributed by atoms with Crippen molar-refractivity contribution in [3.05, 3.63) is 29.3 Å². The van der Waals surface area contributed by atoms with E-state index in [1.807, 2.05) is 12.1 Å². The highest BCUT2D eigenvalue weighted by Gasteiger charge is 2.36. The number of phenolic OH excluding ortho intramolecular Hbond substituents is 1. The minimum atomic E-state index is 0.513. The van der Waals surface area contributed by atoms with E-state index in [9.17, 15) is 5.11 Å². The van der Waals surface area contributed by atoms with Crippen molar-refractivity contribution in [1.29, 1.82) is 0 Å². The molecule has 0 radical (unpaired) electrons. The van der Waals surface area contributed by atoms with Crippen molar-refractivity contribution < 1.29 is 5.11 Å². The maximum atomic E-state index is 10.0. The van der Waals surface area contributed by atoms with Gasteiger partial charge in [-0.05, 0) is 68.3 Å². The van der Waals surface area contributed by atoms with E-state index in [2.05, 4.69) is 17.9 Å². The molecule has 1 heterocycles. The lowest BCUT2D eigenvalue weighted by Gasteiger charge is -2.45. The van der Waals surface area contributed by atoms with Gasteiger partial charge in [0.2, 0.25) is 0 Å². The van der Waals surface area contributed by atoms with Crippen LogP contribution in [0.4, 0.5) is 0 Å². The van der Waals surface area contributed by atoms with Gasteiger partial charge in [0, 0.05) is 6.04 Å². The maximum Gasteiger partial charge on any atom is 0.119 e. The third-order valence-corrected chi connectivity index (χ3v) is 4.68. The van der Waals surface area contributed by atoms with E-state index in [4.69, 9.17) is 0 Å². The standard InChI is InChI=1S/C16H23NO/c1-2-10-17-11-4-6-13-12-5-3-7-16(18)14(12)8-9-15(13)17/h3,5,7,13,15,18H,2,4,6,8-11H2,1H3/t13-,15-/m1/s1. The Bertz CT molecular complexity index is 427. The highest BCUT2D eigenvalue weighted by atomic mass is 16.3. The molecule has 0 unspecified atom stereocenters. The second-order valence-electron chi connectivity index (χ2n) is 5.74. The highest BCUT2D eigenvalue weighted by molar-refractivity contribution is 5.44. The van der Waals surface area contributed by atoms with Crippen LogP contribution in [0.5, 0.6) is 5.75 Å². The topological polar surface area (TPSA) is 23.5 Å². The molecule has 1 saturated heterocycles. The highest BCUT2D eigenvalue weighted by Crippen LogP contribution is 2.42. The Morgan fingerprint density at radius 2 is 2.22 bits per heavy atom. The first-order chi connectivity index (χ1) is 8.81. The fourth-order valence-corrected chi connectivity index (χ4v) is 3.94. The predicted molar refractivity (Wildman–Crippen MR) is 74.1 cm³/mol. The molecule has 98 valence electrons. The molecule has 1 aliphatic heterocycles. The second-order valence-corrected chi connectivity index (χ2v) is 5.74. The van der Waals surface area contributed by atoms with Gasteiger partial charge >= 0.3 is 0 Å². The maximum absolute atomic E-state index is 10.0. The monoisotopic (exact) mass is 245 g/mol. The van der Waals surface area contributed by atoms with Gasteiger partial charge in [-0.3, -0.25) is 4.90 Å². The van der Waals surface area contributed by atoms with Crippen molar-refractivity contribution in [2.75, 3.05) is 13.1 Å². The van der Waals surface area contributed by atoms with Crippen LogP contribution in [0.3, 0.4) is 0 Å². The van der Waals surface area contributed by atoms with E-state index in [0.29, 0.717) is 17.7 Å². The summed E-state index contributed by atoms with van der Waals surface area (Å²) in [7, 11) is 0. The van der Waals surface area contributed by atoms with E-state index in [1.54, 1.807) is 0 Å². The minimum absolute atomic E-state index is 0.513. The van der Waals surface area contributed by atoms with Crippen LogP contribution in [0, 0.1) is 0 Å². The Balaban J connectivity index is 1.92. The minimum Gasteiger partial charge on any atom is -0.508 e. The third-order valence-electron chi connectivity index (χ3n) is 4.68. The number of piperidine rings is 1. The molecule has 0 saturated carbocycles. The van der Waals surface area contributed by atoms with Gasteiger partial charge in [0.1, 0.15) is 5.75 Å². The number of hydrogen-bond acceptors (Lipinski definition) is 2. The Morgan fingerprint density at radius 3 is 3.06 bits per heavy atom. The summed E-state index contributed by atoms with van der Waals surface area (Å²) in [6.45, 7) is 4.77. The number of likely N-dealkylation sites (tertiary alicyclic amines) is 1. The number of benzene rings is 1. The molecular formula is C16H23NO. The molecule has 1 aromatic rings. The van der Waals surface area contributed by atoms with E-state index in [0.717, 1.165) is 6.42 Å². The summed E-state index contributed by atoms with van der Waals surface area (Å²) >= 11 is 0. The number of nitrogens with zero attached hydrogens (tertiary/aromatic N) is 1. The van der Waals surface area contributed by atoms with Crippen LogP contribution in [0.1, 0.15) is 49.7 Å². The van der Waals surface area contributed by atoms with Crippen LogP contribution >= 0.6 is 0 Å². The summed E-state index contributed by atoms with van der Waals surface area (Å²) in [5.74, 6) is 1.17. The molecule has 0 spiro atoms. The average molecular weight is 245 g/mol. The molecule has 1 aliphatic carbocycles.